The van der Waals surface area contributed by atoms with Crippen molar-refractivity contribution in [2.45, 2.75) is 38.1 Å². The predicted molar refractivity (Wildman–Crippen MR) is 80.5 cm³/mol. The molecular formula is C16H19N3O. The van der Waals surface area contributed by atoms with Crippen LogP contribution in [0.2, 0.25) is 0 Å². The summed E-state index contributed by atoms with van der Waals surface area (Å²) in [6.45, 7) is 0. The fourth-order valence-electron chi connectivity index (χ4n) is 2.93. The van der Waals surface area contributed by atoms with Crippen LogP contribution < -0.4 is 11.1 Å². The number of fused-ring (bicyclic) bond motifs is 1. The zero-order valence-electron chi connectivity index (χ0n) is 11.4. The minimum absolute atomic E-state index is 0.111. The lowest BCUT2D eigenvalue weighted by molar-refractivity contribution is 0.0924. The number of carbonyl (C=O) groups excluding carboxylic acids is 1. The summed E-state index contributed by atoms with van der Waals surface area (Å²) < 4.78 is 0. The number of nitrogens with two attached hydrogens (primary N) is 1. The van der Waals surface area contributed by atoms with Crippen molar-refractivity contribution in [3.8, 4) is 0 Å². The number of benzene rings is 1. The van der Waals surface area contributed by atoms with Crippen molar-refractivity contribution in [1.29, 1.82) is 0 Å². The smallest absolute Gasteiger partial charge is 0.270 e. The molecule has 4 nitrogen and oxygen atoms in total. The van der Waals surface area contributed by atoms with Gasteiger partial charge in [0.1, 0.15) is 5.69 Å². The van der Waals surface area contributed by atoms with Crippen molar-refractivity contribution in [3.63, 3.8) is 0 Å². The zero-order valence-corrected chi connectivity index (χ0v) is 11.4. The monoisotopic (exact) mass is 269 g/mol. The van der Waals surface area contributed by atoms with E-state index in [1.54, 1.807) is 12.3 Å². The van der Waals surface area contributed by atoms with Crippen LogP contribution in [-0.2, 0) is 0 Å². The molecule has 1 aliphatic rings. The minimum atomic E-state index is -0.111. The van der Waals surface area contributed by atoms with Crippen molar-refractivity contribution < 1.29 is 4.79 Å². The molecule has 0 radical (unpaired) electrons. The predicted octanol–water partition coefficient (Wildman–Crippen LogP) is 2.88. The molecule has 1 heterocycles. The Morgan fingerprint density at radius 3 is 2.80 bits per heavy atom. The molecule has 104 valence electrons. The van der Waals surface area contributed by atoms with Gasteiger partial charge in [-0.05, 0) is 30.4 Å². The van der Waals surface area contributed by atoms with Gasteiger partial charge in [0.25, 0.3) is 5.91 Å². The second-order valence-corrected chi connectivity index (χ2v) is 5.41. The number of pyridine rings is 1. The van der Waals surface area contributed by atoms with E-state index in [0.717, 1.165) is 23.6 Å². The lowest BCUT2D eigenvalue weighted by Crippen LogP contribution is -2.36. The van der Waals surface area contributed by atoms with Crippen molar-refractivity contribution in [3.05, 3.63) is 36.2 Å². The Balaban J connectivity index is 1.91. The van der Waals surface area contributed by atoms with Crippen LogP contribution in [0.1, 0.15) is 42.6 Å². The van der Waals surface area contributed by atoms with Crippen LogP contribution in [0.25, 0.3) is 10.8 Å². The van der Waals surface area contributed by atoms with Crippen LogP contribution in [0.3, 0.4) is 0 Å². The molecule has 2 aromatic rings. The number of rotatable bonds is 2. The van der Waals surface area contributed by atoms with Gasteiger partial charge in [-0.25, -0.2) is 0 Å². The van der Waals surface area contributed by atoms with E-state index in [1.165, 1.54) is 19.3 Å². The van der Waals surface area contributed by atoms with Gasteiger partial charge in [-0.1, -0.05) is 31.4 Å². The van der Waals surface area contributed by atoms with E-state index in [9.17, 15) is 4.79 Å². The number of nitrogen functional groups attached to an aromatic ring is 1. The molecule has 0 unspecified atom stereocenters. The van der Waals surface area contributed by atoms with Gasteiger partial charge in [0.15, 0.2) is 0 Å². The highest BCUT2D eigenvalue weighted by Gasteiger charge is 2.19. The van der Waals surface area contributed by atoms with E-state index in [4.69, 9.17) is 5.73 Å². The first kappa shape index (κ1) is 12.9. The molecule has 0 saturated heterocycles. The Morgan fingerprint density at radius 2 is 2.00 bits per heavy atom. The molecule has 1 aliphatic carbocycles. The molecule has 0 bridgehead atoms. The van der Waals surface area contributed by atoms with Crippen LogP contribution in [0, 0.1) is 0 Å². The van der Waals surface area contributed by atoms with Crippen LogP contribution >= 0.6 is 0 Å². The lowest BCUT2D eigenvalue weighted by Gasteiger charge is -2.22. The van der Waals surface area contributed by atoms with Crippen molar-refractivity contribution >= 4 is 22.4 Å². The maximum atomic E-state index is 12.4. The van der Waals surface area contributed by atoms with Gasteiger partial charge in [0.05, 0.1) is 0 Å². The SMILES string of the molecule is Nc1cccc2ccnc(C(=O)NC3CCCCC3)c12. The van der Waals surface area contributed by atoms with E-state index < -0.39 is 0 Å². The van der Waals surface area contributed by atoms with Crippen LogP contribution in [0.4, 0.5) is 5.69 Å². The van der Waals surface area contributed by atoms with Gasteiger partial charge in [-0.3, -0.25) is 9.78 Å². The minimum Gasteiger partial charge on any atom is -0.398 e. The normalized spacial score (nSPS) is 16.2. The highest BCUT2D eigenvalue weighted by atomic mass is 16.1. The summed E-state index contributed by atoms with van der Waals surface area (Å²) in [5.41, 5.74) is 7.05. The molecule has 1 amide bonds. The first-order valence-corrected chi connectivity index (χ1v) is 7.20. The standard InChI is InChI=1S/C16H19N3O/c17-13-8-4-5-11-9-10-18-15(14(11)13)16(20)19-12-6-2-1-3-7-12/h4-5,8-10,12H,1-3,6-7,17H2,(H,19,20). The molecule has 20 heavy (non-hydrogen) atoms. The van der Waals surface area contributed by atoms with Gasteiger partial charge < -0.3 is 11.1 Å². The third kappa shape index (κ3) is 2.46. The quantitative estimate of drug-likeness (QED) is 0.824. The number of hydrogen-bond donors (Lipinski definition) is 2. The third-order valence-electron chi connectivity index (χ3n) is 3.98. The molecule has 1 aromatic heterocycles. The summed E-state index contributed by atoms with van der Waals surface area (Å²) in [7, 11) is 0. The van der Waals surface area contributed by atoms with E-state index in [2.05, 4.69) is 10.3 Å². The molecule has 1 aromatic carbocycles. The number of nitrogens with zero attached hydrogens (tertiary/aromatic N) is 1. The Kier molecular flexibility index (Phi) is 3.54. The average molecular weight is 269 g/mol. The Bertz CT molecular complexity index is 627. The fraction of sp³-hybridized carbons (Fsp3) is 0.375. The van der Waals surface area contributed by atoms with Gasteiger partial charge in [-0.15, -0.1) is 0 Å². The van der Waals surface area contributed by atoms with Crippen molar-refractivity contribution in [1.82, 2.24) is 10.3 Å². The largest absolute Gasteiger partial charge is 0.398 e. The fourth-order valence-corrected chi connectivity index (χ4v) is 2.93. The van der Waals surface area contributed by atoms with E-state index in [0.29, 0.717) is 11.4 Å². The topological polar surface area (TPSA) is 68.0 Å². The zero-order chi connectivity index (χ0) is 13.9. The number of nitrogens with one attached hydrogen (secondary N) is 1. The van der Waals surface area contributed by atoms with Gasteiger partial charge in [0.2, 0.25) is 0 Å². The molecule has 0 aliphatic heterocycles. The molecule has 1 saturated carbocycles. The van der Waals surface area contributed by atoms with Crippen LogP contribution in [0.15, 0.2) is 30.5 Å². The second-order valence-electron chi connectivity index (χ2n) is 5.41. The van der Waals surface area contributed by atoms with Crippen molar-refractivity contribution in [2.24, 2.45) is 0 Å². The number of hydrogen-bond acceptors (Lipinski definition) is 3. The van der Waals surface area contributed by atoms with E-state index >= 15 is 0 Å². The Labute approximate surface area is 118 Å². The summed E-state index contributed by atoms with van der Waals surface area (Å²) >= 11 is 0. The number of amides is 1. The highest BCUT2D eigenvalue weighted by molar-refractivity contribution is 6.09. The molecule has 1 fully saturated rings. The van der Waals surface area contributed by atoms with Gasteiger partial charge >= 0.3 is 0 Å². The van der Waals surface area contributed by atoms with E-state index in [1.807, 2.05) is 18.2 Å². The van der Waals surface area contributed by atoms with Crippen LogP contribution in [-0.4, -0.2) is 16.9 Å². The summed E-state index contributed by atoms with van der Waals surface area (Å²) in [6.07, 6.45) is 7.44. The number of carbonyl (C=O) groups is 1. The van der Waals surface area contributed by atoms with Crippen LogP contribution in [0.5, 0.6) is 0 Å². The molecule has 4 heteroatoms. The van der Waals surface area contributed by atoms with Gasteiger partial charge in [-0.2, -0.15) is 0 Å². The summed E-state index contributed by atoms with van der Waals surface area (Å²) in [4.78, 5) is 16.7. The maximum Gasteiger partial charge on any atom is 0.270 e. The summed E-state index contributed by atoms with van der Waals surface area (Å²) in [5.74, 6) is -0.111. The van der Waals surface area contributed by atoms with Crippen molar-refractivity contribution in [2.75, 3.05) is 5.73 Å². The molecular weight excluding hydrogens is 250 g/mol. The molecule has 0 spiro atoms. The highest BCUT2D eigenvalue weighted by Crippen LogP contribution is 2.24. The maximum absolute atomic E-state index is 12.4. The first-order valence-electron chi connectivity index (χ1n) is 7.20. The third-order valence-corrected chi connectivity index (χ3v) is 3.98. The number of aromatic nitrogens is 1. The Hall–Kier alpha value is -2.10. The Morgan fingerprint density at radius 1 is 1.20 bits per heavy atom. The lowest BCUT2D eigenvalue weighted by atomic mass is 9.95. The average Bonchev–Trinajstić information content (AvgIpc) is 2.48. The first-order chi connectivity index (χ1) is 9.75. The number of anilines is 1. The summed E-state index contributed by atoms with van der Waals surface area (Å²) in [5, 5.41) is 4.80. The molecule has 0 atom stereocenters. The molecule has 3 N–H and O–H groups in total. The second kappa shape index (κ2) is 5.49. The molecule has 3 rings (SSSR count). The summed E-state index contributed by atoms with van der Waals surface area (Å²) in [6, 6.07) is 7.80. The van der Waals surface area contributed by atoms with E-state index in [-0.39, 0.29) is 11.9 Å². The van der Waals surface area contributed by atoms with Gasteiger partial charge in [0, 0.05) is 23.3 Å².